The van der Waals surface area contributed by atoms with Crippen molar-refractivity contribution in [3.63, 3.8) is 0 Å². The Labute approximate surface area is 111 Å². The van der Waals surface area contributed by atoms with Crippen molar-refractivity contribution >= 4 is 5.69 Å². The molecule has 0 saturated carbocycles. The van der Waals surface area contributed by atoms with E-state index in [4.69, 9.17) is 10.5 Å². The predicted molar refractivity (Wildman–Crippen MR) is 77.5 cm³/mol. The topological polar surface area (TPSA) is 38.5 Å². The van der Waals surface area contributed by atoms with Gasteiger partial charge in [-0.3, -0.25) is 4.90 Å². The highest BCUT2D eigenvalue weighted by molar-refractivity contribution is 5.39. The van der Waals surface area contributed by atoms with Crippen LogP contribution in [0.1, 0.15) is 32.3 Å². The fourth-order valence-electron chi connectivity index (χ4n) is 1.91. The maximum absolute atomic E-state index is 5.70. The van der Waals surface area contributed by atoms with E-state index in [9.17, 15) is 0 Å². The van der Waals surface area contributed by atoms with E-state index in [1.165, 1.54) is 12.0 Å². The van der Waals surface area contributed by atoms with Crippen molar-refractivity contribution in [2.24, 2.45) is 0 Å². The maximum atomic E-state index is 5.70. The first-order chi connectivity index (χ1) is 8.76. The van der Waals surface area contributed by atoms with Crippen molar-refractivity contribution in [2.45, 2.75) is 33.2 Å². The van der Waals surface area contributed by atoms with Crippen LogP contribution < -0.4 is 5.73 Å². The Bertz CT molecular complexity index is 311. The molecular formula is C15H26N2O. The number of hydrogen-bond donors (Lipinski definition) is 1. The molecule has 1 aromatic rings. The zero-order valence-electron chi connectivity index (χ0n) is 11.7. The third kappa shape index (κ3) is 6.03. The van der Waals surface area contributed by atoms with Crippen LogP contribution in [0.2, 0.25) is 0 Å². The Morgan fingerprint density at radius 2 is 1.72 bits per heavy atom. The lowest BCUT2D eigenvalue weighted by atomic mass is 10.2. The molecule has 0 aliphatic heterocycles. The van der Waals surface area contributed by atoms with Crippen molar-refractivity contribution in [1.29, 1.82) is 0 Å². The lowest BCUT2D eigenvalue weighted by Crippen LogP contribution is -2.28. The molecule has 0 unspecified atom stereocenters. The molecular weight excluding hydrogens is 224 g/mol. The molecule has 0 bridgehead atoms. The van der Waals surface area contributed by atoms with Crippen LogP contribution in [0.15, 0.2) is 24.3 Å². The van der Waals surface area contributed by atoms with Gasteiger partial charge in [-0.15, -0.1) is 0 Å². The molecule has 0 saturated heterocycles. The van der Waals surface area contributed by atoms with E-state index in [-0.39, 0.29) is 0 Å². The van der Waals surface area contributed by atoms with E-state index in [0.29, 0.717) is 0 Å². The second-order valence-electron chi connectivity index (χ2n) is 4.63. The van der Waals surface area contributed by atoms with E-state index in [2.05, 4.69) is 30.9 Å². The first kappa shape index (κ1) is 15.0. The number of nitrogen functional groups attached to an aromatic ring is 1. The molecule has 0 amide bonds. The largest absolute Gasteiger partial charge is 0.399 e. The quantitative estimate of drug-likeness (QED) is 0.541. The molecule has 18 heavy (non-hydrogen) atoms. The molecule has 102 valence electrons. The molecule has 1 aromatic carbocycles. The Morgan fingerprint density at radius 3 is 2.33 bits per heavy atom. The molecule has 0 aliphatic carbocycles. The van der Waals surface area contributed by atoms with Gasteiger partial charge in [-0.1, -0.05) is 26.0 Å². The molecule has 2 N–H and O–H groups in total. The van der Waals surface area contributed by atoms with Crippen LogP contribution in [0.3, 0.4) is 0 Å². The average molecular weight is 250 g/mol. The molecule has 0 heterocycles. The first-order valence-corrected chi connectivity index (χ1v) is 6.90. The van der Waals surface area contributed by atoms with Crippen molar-refractivity contribution < 1.29 is 4.74 Å². The first-order valence-electron chi connectivity index (χ1n) is 6.90. The molecule has 3 nitrogen and oxygen atoms in total. The van der Waals surface area contributed by atoms with Gasteiger partial charge in [0.05, 0.1) is 6.61 Å². The van der Waals surface area contributed by atoms with Crippen LogP contribution in [-0.2, 0) is 11.3 Å². The number of anilines is 1. The van der Waals surface area contributed by atoms with Gasteiger partial charge in [-0.25, -0.2) is 0 Å². The maximum Gasteiger partial charge on any atom is 0.0593 e. The fourth-order valence-corrected chi connectivity index (χ4v) is 1.91. The van der Waals surface area contributed by atoms with Crippen LogP contribution in [0.25, 0.3) is 0 Å². The normalized spacial score (nSPS) is 11.1. The van der Waals surface area contributed by atoms with Gasteiger partial charge in [-0.05, 0) is 37.1 Å². The number of benzene rings is 1. The predicted octanol–water partition coefficient (Wildman–Crippen LogP) is 2.91. The number of rotatable bonds is 9. The molecule has 0 radical (unpaired) electrons. The summed E-state index contributed by atoms with van der Waals surface area (Å²) >= 11 is 0. The lowest BCUT2D eigenvalue weighted by Gasteiger charge is -2.21. The Balaban J connectivity index is 2.38. The summed E-state index contributed by atoms with van der Waals surface area (Å²) in [6.07, 6.45) is 2.26. The van der Waals surface area contributed by atoms with Gasteiger partial charge >= 0.3 is 0 Å². The van der Waals surface area contributed by atoms with Crippen molar-refractivity contribution in [3.05, 3.63) is 29.8 Å². The Hall–Kier alpha value is -1.06. The van der Waals surface area contributed by atoms with E-state index in [1.807, 2.05) is 12.1 Å². The van der Waals surface area contributed by atoms with Crippen molar-refractivity contribution in [3.8, 4) is 0 Å². The number of hydrogen-bond acceptors (Lipinski definition) is 3. The standard InChI is InChI=1S/C15H26N2O/c1-3-9-17(10-12-18-11-4-2)13-14-5-7-15(16)8-6-14/h5-8H,3-4,9-13,16H2,1-2H3. The van der Waals surface area contributed by atoms with Crippen LogP contribution in [0, 0.1) is 0 Å². The Kier molecular flexibility index (Phi) is 7.46. The van der Waals surface area contributed by atoms with Crippen molar-refractivity contribution in [2.75, 3.05) is 32.0 Å². The monoisotopic (exact) mass is 250 g/mol. The van der Waals surface area contributed by atoms with Crippen LogP contribution in [0.5, 0.6) is 0 Å². The van der Waals surface area contributed by atoms with Gasteiger partial charge < -0.3 is 10.5 Å². The third-order valence-corrected chi connectivity index (χ3v) is 2.83. The zero-order chi connectivity index (χ0) is 13.2. The van der Waals surface area contributed by atoms with Gasteiger partial charge in [0.1, 0.15) is 0 Å². The van der Waals surface area contributed by atoms with Gasteiger partial charge in [0.15, 0.2) is 0 Å². The Morgan fingerprint density at radius 1 is 1.00 bits per heavy atom. The summed E-state index contributed by atoms with van der Waals surface area (Å²) in [5.74, 6) is 0. The van der Waals surface area contributed by atoms with Crippen LogP contribution >= 0.6 is 0 Å². The summed E-state index contributed by atoms with van der Waals surface area (Å²) in [5.41, 5.74) is 7.84. The smallest absolute Gasteiger partial charge is 0.0593 e. The number of ether oxygens (including phenoxy) is 1. The SMILES string of the molecule is CCCOCCN(CCC)Cc1ccc(N)cc1. The molecule has 0 fully saturated rings. The zero-order valence-corrected chi connectivity index (χ0v) is 11.7. The van der Waals surface area contributed by atoms with E-state index < -0.39 is 0 Å². The summed E-state index contributed by atoms with van der Waals surface area (Å²) < 4.78 is 5.55. The van der Waals surface area contributed by atoms with E-state index in [1.54, 1.807) is 0 Å². The molecule has 0 atom stereocenters. The molecule has 1 rings (SSSR count). The van der Waals surface area contributed by atoms with Gasteiger partial charge in [-0.2, -0.15) is 0 Å². The molecule has 3 heteroatoms. The van der Waals surface area contributed by atoms with Gasteiger partial charge in [0.25, 0.3) is 0 Å². The summed E-state index contributed by atoms with van der Waals surface area (Å²) in [7, 11) is 0. The molecule has 0 aromatic heterocycles. The van der Waals surface area contributed by atoms with Crippen LogP contribution in [0.4, 0.5) is 5.69 Å². The number of nitrogens with zero attached hydrogens (tertiary/aromatic N) is 1. The van der Waals surface area contributed by atoms with Crippen LogP contribution in [-0.4, -0.2) is 31.2 Å². The summed E-state index contributed by atoms with van der Waals surface area (Å²) in [6, 6.07) is 8.13. The summed E-state index contributed by atoms with van der Waals surface area (Å²) in [5, 5.41) is 0. The highest BCUT2D eigenvalue weighted by atomic mass is 16.5. The highest BCUT2D eigenvalue weighted by Crippen LogP contribution is 2.09. The number of nitrogens with two attached hydrogens (primary N) is 1. The molecule has 0 spiro atoms. The van der Waals surface area contributed by atoms with Gasteiger partial charge in [0, 0.05) is 25.4 Å². The highest BCUT2D eigenvalue weighted by Gasteiger charge is 2.04. The summed E-state index contributed by atoms with van der Waals surface area (Å²) in [4.78, 5) is 2.43. The molecule has 0 aliphatic rings. The lowest BCUT2D eigenvalue weighted by molar-refractivity contribution is 0.101. The van der Waals surface area contributed by atoms with E-state index in [0.717, 1.165) is 45.0 Å². The van der Waals surface area contributed by atoms with E-state index >= 15 is 0 Å². The summed E-state index contributed by atoms with van der Waals surface area (Å²) in [6.45, 7) is 9.12. The van der Waals surface area contributed by atoms with Gasteiger partial charge in [0.2, 0.25) is 0 Å². The average Bonchev–Trinajstić information content (AvgIpc) is 2.37. The van der Waals surface area contributed by atoms with Crippen molar-refractivity contribution in [1.82, 2.24) is 4.90 Å². The minimum atomic E-state index is 0.822. The second-order valence-corrected chi connectivity index (χ2v) is 4.63. The third-order valence-electron chi connectivity index (χ3n) is 2.83. The second kappa shape index (κ2) is 8.95. The fraction of sp³-hybridized carbons (Fsp3) is 0.600. The minimum absolute atomic E-state index is 0.822. The minimum Gasteiger partial charge on any atom is -0.399 e.